The lowest BCUT2D eigenvalue weighted by atomic mass is 9.92. The van der Waals surface area contributed by atoms with Crippen LogP contribution in [0.5, 0.6) is 0 Å². The summed E-state index contributed by atoms with van der Waals surface area (Å²) in [5.41, 5.74) is -6.58. The van der Waals surface area contributed by atoms with Gasteiger partial charge in [0.05, 0.1) is 0 Å². The van der Waals surface area contributed by atoms with Gasteiger partial charge in [0, 0.05) is 16.8 Å². The van der Waals surface area contributed by atoms with Gasteiger partial charge in [-0.3, -0.25) is 4.79 Å². The molecule has 2 aromatic rings. The van der Waals surface area contributed by atoms with Crippen LogP contribution in [0.15, 0.2) is 48.5 Å². The highest BCUT2D eigenvalue weighted by Crippen LogP contribution is 2.50. The molecule has 140 valence electrons. The first kappa shape index (κ1) is 19.7. The summed E-state index contributed by atoms with van der Waals surface area (Å²) in [6, 6.07) is 6.66. The van der Waals surface area contributed by atoms with Crippen molar-refractivity contribution in [1.82, 2.24) is 0 Å². The maximum Gasteiger partial charge on any atom is 0.430 e. The average molecular weight is 381 g/mol. The molecule has 0 atom stereocenters. The molecule has 0 radical (unpaired) electrons. The van der Waals surface area contributed by atoms with Crippen molar-refractivity contribution >= 4 is 11.6 Å². The smallest absolute Gasteiger partial charge is 0.369 e. The first-order valence-electron chi connectivity index (χ1n) is 6.89. The van der Waals surface area contributed by atoms with Crippen LogP contribution < -0.4 is 5.32 Å². The van der Waals surface area contributed by atoms with Crippen LogP contribution in [-0.2, 0) is 5.60 Å². The minimum atomic E-state index is -6.00. The number of alkyl halides is 6. The molecule has 1 amide bonds. The van der Waals surface area contributed by atoms with E-state index < -0.39 is 35.2 Å². The van der Waals surface area contributed by atoms with Crippen LogP contribution in [0.4, 0.5) is 36.4 Å². The Hall–Kier alpha value is -2.62. The summed E-state index contributed by atoms with van der Waals surface area (Å²) in [4.78, 5) is 11.9. The van der Waals surface area contributed by atoms with Gasteiger partial charge in [0.1, 0.15) is 5.82 Å². The molecule has 26 heavy (non-hydrogen) atoms. The third kappa shape index (κ3) is 3.64. The topological polar surface area (TPSA) is 49.3 Å². The molecule has 0 saturated carbocycles. The van der Waals surface area contributed by atoms with Crippen molar-refractivity contribution < 1.29 is 40.6 Å². The monoisotopic (exact) mass is 381 g/mol. The molecule has 0 unspecified atom stereocenters. The molecule has 0 spiro atoms. The van der Waals surface area contributed by atoms with Crippen molar-refractivity contribution in [2.45, 2.75) is 18.0 Å². The van der Waals surface area contributed by atoms with E-state index in [-0.39, 0.29) is 11.3 Å². The lowest BCUT2D eigenvalue weighted by molar-refractivity contribution is -0.376. The van der Waals surface area contributed by atoms with Crippen LogP contribution in [0, 0.1) is 5.82 Å². The molecule has 0 bridgehead atoms. The van der Waals surface area contributed by atoms with Crippen molar-refractivity contribution in [1.29, 1.82) is 0 Å². The van der Waals surface area contributed by atoms with Crippen LogP contribution in [0.1, 0.15) is 15.9 Å². The standard InChI is InChI=1S/C16H10F7NO2/c17-11-5-1-9(2-6-11)13(25)24-12-7-3-10(4-8-12)14(26,15(18,19)20)16(21,22)23/h1-8,26H,(H,24,25). The minimum absolute atomic E-state index is 0.0255. The number of hydrogen-bond donors (Lipinski definition) is 2. The van der Waals surface area contributed by atoms with Gasteiger partial charge in [-0.1, -0.05) is 12.1 Å². The van der Waals surface area contributed by atoms with Crippen LogP contribution >= 0.6 is 0 Å². The summed E-state index contributed by atoms with van der Waals surface area (Å²) in [5.74, 6) is -1.34. The summed E-state index contributed by atoms with van der Waals surface area (Å²) in [5, 5.41) is 11.5. The predicted molar refractivity (Wildman–Crippen MR) is 76.8 cm³/mol. The molecule has 2 rings (SSSR count). The fourth-order valence-corrected chi connectivity index (χ4v) is 2.09. The van der Waals surface area contributed by atoms with E-state index in [1.165, 1.54) is 0 Å². The zero-order valence-corrected chi connectivity index (χ0v) is 12.6. The van der Waals surface area contributed by atoms with E-state index in [4.69, 9.17) is 0 Å². The van der Waals surface area contributed by atoms with E-state index in [0.717, 1.165) is 36.4 Å². The maximum absolute atomic E-state index is 12.8. The Bertz CT molecular complexity index is 766. The van der Waals surface area contributed by atoms with Gasteiger partial charge >= 0.3 is 12.4 Å². The van der Waals surface area contributed by atoms with Crippen molar-refractivity contribution in [3.05, 3.63) is 65.5 Å². The third-order valence-corrected chi connectivity index (χ3v) is 3.49. The van der Waals surface area contributed by atoms with E-state index in [9.17, 15) is 40.6 Å². The van der Waals surface area contributed by atoms with Gasteiger partial charge in [-0.25, -0.2) is 4.39 Å². The number of benzene rings is 2. The Morgan fingerprint density at radius 3 is 1.69 bits per heavy atom. The van der Waals surface area contributed by atoms with Gasteiger partial charge in [-0.2, -0.15) is 26.3 Å². The normalized spacial score (nSPS) is 12.8. The largest absolute Gasteiger partial charge is 0.430 e. The van der Waals surface area contributed by atoms with Crippen molar-refractivity contribution in [3.63, 3.8) is 0 Å². The van der Waals surface area contributed by atoms with Crippen LogP contribution in [0.25, 0.3) is 0 Å². The second kappa shape index (κ2) is 6.60. The molecule has 2 N–H and O–H groups in total. The molecule has 2 aromatic carbocycles. The lowest BCUT2D eigenvalue weighted by Crippen LogP contribution is -2.53. The Labute approximate surface area is 142 Å². The van der Waals surface area contributed by atoms with E-state index >= 15 is 0 Å². The molecule has 3 nitrogen and oxygen atoms in total. The molecule has 0 heterocycles. The summed E-state index contributed by atoms with van der Waals surface area (Å²) >= 11 is 0. The SMILES string of the molecule is O=C(Nc1ccc(C(O)(C(F)(F)F)C(F)(F)F)cc1)c1ccc(F)cc1. The highest BCUT2D eigenvalue weighted by atomic mass is 19.4. The van der Waals surface area contributed by atoms with Crippen LogP contribution in [0.3, 0.4) is 0 Å². The molecule has 0 aliphatic rings. The molecule has 10 heteroatoms. The number of anilines is 1. The fourth-order valence-electron chi connectivity index (χ4n) is 2.09. The number of rotatable bonds is 3. The average Bonchev–Trinajstić information content (AvgIpc) is 2.53. The summed E-state index contributed by atoms with van der Waals surface area (Å²) in [6.07, 6.45) is -12.0. The number of halogens is 7. The van der Waals surface area contributed by atoms with E-state index in [1.54, 1.807) is 0 Å². The van der Waals surface area contributed by atoms with Gasteiger partial charge in [0.25, 0.3) is 11.5 Å². The van der Waals surface area contributed by atoms with Gasteiger partial charge in [-0.05, 0) is 36.4 Å². The zero-order chi connectivity index (χ0) is 19.8. The van der Waals surface area contributed by atoms with E-state index in [1.807, 2.05) is 0 Å². The van der Waals surface area contributed by atoms with Gasteiger partial charge in [-0.15, -0.1) is 0 Å². The summed E-state index contributed by atoms with van der Waals surface area (Å²) in [6.45, 7) is 0. The molecule has 0 aliphatic heterocycles. The molecule has 0 saturated heterocycles. The van der Waals surface area contributed by atoms with Crippen molar-refractivity contribution in [2.24, 2.45) is 0 Å². The van der Waals surface area contributed by atoms with Gasteiger partial charge in [0.2, 0.25) is 0 Å². The summed E-state index contributed by atoms with van der Waals surface area (Å²) in [7, 11) is 0. The lowest BCUT2D eigenvalue weighted by Gasteiger charge is -2.32. The first-order chi connectivity index (χ1) is 11.9. The Morgan fingerprint density at radius 2 is 1.27 bits per heavy atom. The summed E-state index contributed by atoms with van der Waals surface area (Å²) < 4.78 is 89.5. The molecule has 0 aromatic heterocycles. The first-order valence-corrected chi connectivity index (χ1v) is 6.89. The molecular formula is C16H10F7NO2. The highest BCUT2D eigenvalue weighted by Gasteiger charge is 2.71. The Balaban J connectivity index is 2.27. The number of aliphatic hydroxyl groups is 1. The number of carbonyl (C=O) groups excluding carboxylic acids is 1. The Morgan fingerprint density at radius 1 is 0.808 bits per heavy atom. The van der Waals surface area contributed by atoms with Crippen LogP contribution in [0.2, 0.25) is 0 Å². The van der Waals surface area contributed by atoms with E-state index in [0.29, 0.717) is 12.1 Å². The second-order valence-corrected chi connectivity index (χ2v) is 5.24. The number of amides is 1. The molecule has 0 fully saturated rings. The molecule has 0 aliphatic carbocycles. The van der Waals surface area contributed by atoms with Gasteiger partial charge in [0.15, 0.2) is 0 Å². The Kier molecular flexibility index (Phi) is 5.00. The second-order valence-electron chi connectivity index (χ2n) is 5.24. The maximum atomic E-state index is 12.8. The third-order valence-electron chi connectivity index (χ3n) is 3.49. The number of hydrogen-bond acceptors (Lipinski definition) is 2. The number of carbonyl (C=O) groups is 1. The molecular weight excluding hydrogens is 371 g/mol. The zero-order valence-electron chi connectivity index (χ0n) is 12.6. The minimum Gasteiger partial charge on any atom is -0.369 e. The highest BCUT2D eigenvalue weighted by molar-refractivity contribution is 6.04. The number of nitrogens with one attached hydrogen (secondary N) is 1. The predicted octanol–water partition coefficient (Wildman–Crippen LogP) is 4.39. The van der Waals surface area contributed by atoms with Crippen LogP contribution in [-0.4, -0.2) is 23.4 Å². The quantitative estimate of drug-likeness (QED) is 0.775. The van der Waals surface area contributed by atoms with E-state index in [2.05, 4.69) is 5.32 Å². The van der Waals surface area contributed by atoms with Crippen molar-refractivity contribution in [2.75, 3.05) is 5.32 Å². The van der Waals surface area contributed by atoms with Crippen molar-refractivity contribution in [3.8, 4) is 0 Å². The van der Waals surface area contributed by atoms with Gasteiger partial charge < -0.3 is 10.4 Å². The fraction of sp³-hybridized carbons (Fsp3) is 0.188.